The molecule has 78 valence electrons. The Morgan fingerprint density at radius 2 is 1.86 bits per heavy atom. The van der Waals surface area contributed by atoms with Crippen molar-refractivity contribution >= 4 is 11.8 Å². The van der Waals surface area contributed by atoms with Gasteiger partial charge in [-0.1, -0.05) is 25.6 Å². The fourth-order valence-corrected chi connectivity index (χ4v) is 1.74. The van der Waals surface area contributed by atoms with Crippen molar-refractivity contribution in [3.63, 3.8) is 0 Å². The molecule has 0 aliphatic carbocycles. The monoisotopic (exact) mass is 211 g/mol. The van der Waals surface area contributed by atoms with Gasteiger partial charge in [0, 0.05) is 23.7 Å². The van der Waals surface area contributed by atoms with Gasteiger partial charge in [0.15, 0.2) is 5.16 Å². The molecule has 0 radical (unpaired) electrons. The van der Waals surface area contributed by atoms with Gasteiger partial charge in [-0.25, -0.2) is 9.97 Å². The quantitative estimate of drug-likeness (QED) is 0.610. The second-order valence-electron chi connectivity index (χ2n) is 3.72. The SMILES string of the molecule is CC(N)Cc1cnc(SC(C)C)nc1. The molecule has 0 fully saturated rings. The summed E-state index contributed by atoms with van der Waals surface area (Å²) >= 11 is 1.67. The van der Waals surface area contributed by atoms with Crippen LogP contribution in [0.1, 0.15) is 26.3 Å². The average molecular weight is 211 g/mol. The fourth-order valence-electron chi connectivity index (χ4n) is 1.09. The van der Waals surface area contributed by atoms with E-state index in [1.165, 1.54) is 0 Å². The highest BCUT2D eigenvalue weighted by molar-refractivity contribution is 7.99. The molecule has 0 saturated carbocycles. The highest BCUT2D eigenvalue weighted by Crippen LogP contribution is 2.17. The van der Waals surface area contributed by atoms with E-state index in [9.17, 15) is 0 Å². The largest absolute Gasteiger partial charge is 0.328 e. The number of thioether (sulfide) groups is 1. The van der Waals surface area contributed by atoms with Gasteiger partial charge in [0.25, 0.3) is 0 Å². The lowest BCUT2D eigenvalue weighted by molar-refractivity contribution is 0.727. The number of nitrogens with two attached hydrogens (primary N) is 1. The molecule has 1 atom stereocenters. The van der Waals surface area contributed by atoms with Crippen LogP contribution in [0.2, 0.25) is 0 Å². The number of hydrogen-bond acceptors (Lipinski definition) is 4. The highest BCUT2D eigenvalue weighted by atomic mass is 32.2. The molecule has 0 aliphatic rings. The van der Waals surface area contributed by atoms with Crippen molar-refractivity contribution in [2.45, 2.75) is 43.6 Å². The van der Waals surface area contributed by atoms with Gasteiger partial charge in [-0.2, -0.15) is 0 Å². The summed E-state index contributed by atoms with van der Waals surface area (Å²) in [4.78, 5) is 8.54. The van der Waals surface area contributed by atoms with Gasteiger partial charge in [0.2, 0.25) is 0 Å². The van der Waals surface area contributed by atoms with Crippen molar-refractivity contribution in [3.8, 4) is 0 Å². The van der Waals surface area contributed by atoms with Gasteiger partial charge in [0.1, 0.15) is 0 Å². The molecule has 3 nitrogen and oxygen atoms in total. The molecular formula is C10H17N3S. The van der Waals surface area contributed by atoms with Crippen LogP contribution in [0.4, 0.5) is 0 Å². The number of rotatable bonds is 4. The van der Waals surface area contributed by atoms with Crippen LogP contribution in [0.3, 0.4) is 0 Å². The zero-order valence-corrected chi connectivity index (χ0v) is 9.71. The van der Waals surface area contributed by atoms with E-state index in [1.54, 1.807) is 11.8 Å². The van der Waals surface area contributed by atoms with E-state index in [4.69, 9.17) is 5.73 Å². The Hall–Kier alpha value is -0.610. The van der Waals surface area contributed by atoms with Crippen molar-refractivity contribution < 1.29 is 0 Å². The molecule has 14 heavy (non-hydrogen) atoms. The second kappa shape index (κ2) is 5.32. The number of hydrogen-bond donors (Lipinski definition) is 1. The molecule has 0 bridgehead atoms. The van der Waals surface area contributed by atoms with Gasteiger partial charge in [-0.15, -0.1) is 0 Å². The summed E-state index contributed by atoms with van der Waals surface area (Å²) in [6.45, 7) is 6.24. The molecule has 0 spiro atoms. The molecule has 0 aliphatic heterocycles. The van der Waals surface area contributed by atoms with E-state index in [0.717, 1.165) is 17.1 Å². The van der Waals surface area contributed by atoms with Crippen LogP contribution in [-0.2, 0) is 6.42 Å². The van der Waals surface area contributed by atoms with E-state index in [2.05, 4.69) is 23.8 Å². The zero-order valence-electron chi connectivity index (χ0n) is 8.90. The maximum atomic E-state index is 5.68. The summed E-state index contributed by atoms with van der Waals surface area (Å²) in [7, 11) is 0. The Morgan fingerprint density at radius 1 is 1.29 bits per heavy atom. The molecule has 0 aromatic carbocycles. The minimum atomic E-state index is 0.169. The average Bonchev–Trinajstić information content (AvgIpc) is 2.06. The van der Waals surface area contributed by atoms with Gasteiger partial charge < -0.3 is 5.73 Å². The summed E-state index contributed by atoms with van der Waals surface area (Å²) in [6.07, 6.45) is 4.56. The van der Waals surface area contributed by atoms with Crippen LogP contribution < -0.4 is 5.73 Å². The van der Waals surface area contributed by atoms with E-state index < -0.39 is 0 Å². The summed E-state index contributed by atoms with van der Waals surface area (Å²) in [5, 5.41) is 1.36. The third-order valence-electron chi connectivity index (χ3n) is 1.58. The number of nitrogens with zero attached hydrogens (tertiary/aromatic N) is 2. The van der Waals surface area contributed by atoms with Crippen molar-refractivity contribution in [3.05, 3.63) is 18.0 Å². The van der Waals surface area contributed by atoms with Crippen LogP contribution >= 0.6 is 11.8 Å². The topological polar surface area (TPSA) is 51.8 Å². The molecule has 1 aromatic rings. The lowest BCUT2D eigenvalue weighted by atomic mass is 10.1. The number of aromatic nitrogens is 2. The summed E-state index contributed by atoms with van der Waals surface area (Å²) in [6, 6.07) is 0.169. The third-order valence-corrected chi connectivity index (χ3v) is 2.47. The Morgan fingerprint density at radius 3 is 2.29 bits per heavy atom. The maximum Gasteiger partial charge on any atom is 0.187 e. The third kappa shape index (κ3) is 4.07. The first-order chi connectivity index (χ1) is 6.58. The van der Waals surface area contributed by atoms with Crippen molar-refractivity contribution in [2.75, 3.05) is 0 Å². The minimum absolute atomic E-state index is 0.169. The standard InChI is InChI=1S/C10H17N3S/c1-7(2)14-10-12-5-9(6-13-10)4-8(3)11/h5-8H,4,11H2,1-3H3. The van der Waals surface area contributed by atoms with Crippen molar-refractivity contribution in [1.82, 2.24) is 9.97 Å². The van der Waals surface area contributed by atoms with E-state index >= 15 is 0 Å². The Labute approximate surface area is 89.5 Å². The van der Waals surface area contributed by atoms with E-state index in [1.807, 2.05) is 19.3 Å². The second-order valence-corrected chi connectivity index (χ2v) is 5.27. The predicted octanol–water partition coefficient (Wildman–Crippen LogP) is 1.87. The Kier molecular flexibility index (Phi) is 4.35. The molecule has 0 saturated heterocycles. The molecular weight excluding hydrogens is 194 g/mol. The fraction of sp³-hybridized carbons (Fsp3) is 0.600. The first-order valence-electron chi connectivity index (χ1n) is 4.81. The molecule has 1 aromatic heterocycles. The van der Waals surface area contributed by atoms with E-state index in [-0.39, 0.29) is 6.04 Å². The molecule has 0 amide bonds. The molecule has 1 unspecified atom stereocenters. The molecule has 1 rings (SSSR count). The van der Waals surface area contributed by atoms with Crippen LogP contribution in [0.5, 0.6) is 0 Å². The smallest absolute Gasteiger partial charge is 0.187 e. The first-order valence-corrected chi connectivity index (χ1v) is 5.69. The van der Waals surface area contributed by atoms with E-state index in [0.29, 0.717) is 5.25 Å². The zero-order chi connectivity index (χ0) is 10.6. The lowest BCUT2D eigenvalue weighted by Crippen LogP contribution is -2.18. The van der Waals surface area contributed by atoms with Gasteiger partial charge >= 0.3 is 0 Å². The van der Waals surface area contributed by atoms with Gasteiger partial charge in [0.05, 0.1) is 0 Å². The Bertz CT molecular complexity index is 240. The predicted molar refractivity (Wildman–Crippen MR) is 60.4 cm³/mol. The normalized spacial score (nSPS) is 13.2. The van der Waals surface area contributed by atoms with Crippen molar-refractivity contribution in [1.29, 1.82) is 0 Å². The van der Waals surface area contributed by atoms with Crippen LogP contribution in [0.25, 0.3) is 0 Å². The first kappa shape index (κ1) is 11.5. The maximum absolute atomic E-state index is 5.68. The minimum Gasteiger partial charge on any atom is -0.328 e. The van der Waals surface area contributed by atoms with Crippen LogP contribution in [0.15, 0.2) is 17.6 Å². The molecule has 1 heterocycles. The molecule has 4 heteroatoms. The van der Waals surface area contributed by atoms with Crippen LogP contribution in [-0.4, -0.2) is 21.3 Å². The summed E-state index contributed by atoms with van der Waals surface area (Å²) in [5.74, 6) is 0. The summed E-state index contributed by atoms with van der Waals surface area (Å²) in [5.41, 5.74) is 6.79. The Balaban J connectivity index is 2.59. The van der Waals surface area contributed by atoms with Crippen molar-refractivity contribution in [2.24, 2.45) is 5.73 Å². The van der Waals surface area contributed by atoms with Gasteiger partial charge in [-0.05, 0) is 18.9 Å². The highest BCUT2D eigenvalue weighted by Gasteiger charge is 2.02. The summed E-state index contributed by atoms with van der Waals surface area (Å²) < 4.78 is 0. The van der Waals surface area contributed by atoms with Gasteiger partial charge in [-0.3, -0.25) is 0 Å². The lowest BCUT2D eigenvalue weighted by Gasteiger charge is -2.06. The molecule has 2 N–H and O–H groups in total. The van der Waals surface area contributed by atoms with Crippen LogP contribution in [0, 0.1) is 0 Å².